The third kappa shape index (κ3) is 19.4. The third-order valence-corrected chi connectivity index (χ3v) is 19.8. The predicted molar refractivity (Wildman–Crippen MR) is 336 cm³/mol. The second kappa shape index (κ2) is 33.0. The molecule has 0 radical (unpaired) electrons. The Labute approximate surface area is 575 Å². The Bertz CT molecular complexity index is 5020. The van der Waals surface area contributed by atoms with Gasteiger partial charge < -0.3 is 33.5 Å². The van der Waals surface area contributed by atoms with Crippen LogP contribution in [0.5, 0.6) is 51.7 Å². The molecule has 8 aromatic carbocycles. The smallest absolute Gasteiger partial charge is 0.269 e. The monoisotopic (exact) mass is 1540 g/mol. The first-order valence-corrected chi connectivity index (χ1v) is 33.9. The van der Waals surface area contributed by atoms with E-state index in [1.54, 1.807) is 30.3 Å². The van der Waals surface area contributed by atoms with E-state index in [4.69, 9.17) is 33.5 Å². The Morgan fingerprint density at radius 3 is 1.13 bits per heavy atom. The van der Waals surface area contributed by atoms with Crippen LogP contribution in [0.2, 0.25) is 0 Å². The van der Waals surface area contributed by atoms with Crippen molar-refractivity contribution in [2.45, 2.75) is 27.8 Å². The SMILES string of the molecule is COc1ccc(CN(c2ncns2)S(=O)(=O)c2cc(F)c(F)cc2F)c(OC)c1.COc1ccc(CN(c2ncns2)S(=O)(=O)c2cc(F)c(Oc3cc(F)cc(F)c3)cc2F)c(OC)c1.O=S(=O)(Nc1ncns1)c1cc(F)c(Oc2cc(F)cc(F)c2)cc1F.Oc1cc(F)cc(F)c1. The van der Waals surface area contributed by atoms with E-state index >= 15 is 4.39 Å². The summed E-state index contributed by atoms with van der Waals surface area (Å²) in [5.41, 5.74) is 0.770. The number of aromatic nitrogens is 6. The lowest BCUT2D eigenvalue weighted by atomic mass is 10.2. The molecule has 0 spiro atoms. The van der Waals surface area contributed by atoms with Crippen molar-refractivity contribution in [1.29, 1.82) is 0 Å². The fraction of sp³-hybridized carbons (Fsp3) is 0.100. The number of ether oxygens (including phenoxy) is 6. The van der Waals surface area contributed by atoms with Gasteiger partial charge in [-0.2, -0.15) is 13.1 Å². The molecule has 0 unspecified atom stereocenters. The number of anilines is 3. The average Bonchev–Trinajstić information content (AvgIpc) is 1.60. The van der Waals surface area contributed by atoms with Crippen LogP contribution in [0.3, 0.4) is 0 Å². The van der Waals surface area contributed by atoms with Gasteiger partial charge in [0, 0.05) is 149 Å². The van der Waals surface area contributed by atoms with Crippen LogP contribution in [0, 0.1) is 75.6 Å². The second-order valence-electron chi connectivity index (χ2n) is 19.3. The number of halogens is 13. The zero-order valence-corrected chi connectivity index (χ0v) is 56.0. The van der Waals surface area contributed by atoms with Gasteiger partial charge in [0.2, 0.25) is 15.4 Å². The van der Waals surface area contributed by atoms with E-state index in [1.165, 1.54) is 34.5 Å². The first-order chi connectivity index (χ1) is 47.8. The van der Waals surface area contributed by atoms with Crippen molar-refractivity contribution in [2.24, 2.45) is 0 Å². The fourth-order valence-electron chi connectivity index (χ4n) is 8.22. The van der Waals surface area contributed by atoms with Crippen LogP contribution < -0.4 is 41.8 Å². The van der Waals surface area contributed by atoms with E-state index in [2.05, 4.69) is 28.1 Å². The van der Waals surface area contributed by atoms with Crippen LogP contribution in [0.1, 0.15) is 11.1 Å². The lowest BCUT2D eigenvalue weighted by Gasteiger charge is -2.23. The van der Waals surface area contributed by atoms with Gasteiger partial charge >= 0.3 is 0 Å². The van der Waals surface area contributed by atoms with Crippen LogP contribution in [-0.2, 0) is 43.2 Å². The van der Waals surface area contributed by atoms with Crippen LogP contribution in [0.25, 0.3) is 0 Å². The van der Waals surface area contributed by atoms with Crippen molar-refractivity contribution >= 4 is 80.1 Å². The summed E-state index contributed by atoms with van der Waals surface area (Å²) in [7, 11) is -8.22. The van der Waals surface area contributed by atoms with Gasteiger partial charge in [0.15, 0.2) is 34.8 Å². The van der Waals surface area contributed by atoms with Gasteiger partial charge in [-0.3, -0.25) is 4.72 Å². The highest BCUT2D eigenvalue weighted by Crippen LogP contribution is 2.38. The Kier molecular flexibility index (Phi) is 24.9. The molecule has 11 aromatic rings. The lowest BCUT2D eigenvalue weighted by molar-refractivity contribution is 0.391. The van der Waals surface area contributed by atoms with Crippen LogP contribution in [-0.4, -0.2) is 86.9 Å². The first-order valence-electron chi connectivity index (χ1n) is 27.2. The number of sulfonamides is 3. The molecule has 41 heteroatoms. The lowest BCUT2D eigenvalue weighted by Crippen LogP contribution is -2.31. The molecule has 0 aliphatic rings. The third-order valence-electron chi connectivity index (χ3n) is 12.7. The van der Waals surface area contributed by atoms with Gasteiger partial charge in [0.1, 0.15) is 126 Å². The highest BCUT2D eigenvalue weighted by atomic mass is 32.2. The second-order valence-corrected chi connectivity index (χ2v) is 27.0. The van der Waals surface area contributed by atoms with Gasteiger partial charge in [0.05, 0.1) is 41.5 Å². The molecule has 11 rings (SSSR count). The molecule has 0 saturated carbocycles. The van der Waals surface area contributed by atoms with E-state index in [0.717, 1.165) is 87.1 Å². The maximum atomic E-state index is 15.1. The zero-order valence-electron chi connectivity index (χ0n) is 51.1. The van der Waals surface area contributed by atoms with E-state index in [9.17, 15) is 77.9 Å². The van der Waals surface area contributed by atoms with Crippen molar-refractivity contribution in [3.63, 3.8) is 0 Å². The topological polar surface area (TPSA) is 274 Å². The molecule has 0 aliphatic heterocycles. The summed E-state index contributed by atoms with van der Waals surface area (Å²) in [5, 5.41) is 8.17. The van der Waals surface area contributed by atoms with Gasteiger partial charge in [-0.05, 0) is 24.3 Å². The van der Waals surface area contributed by atoms with Crippen molar-refractivity contribution in [3.05, 3.63) is 233 Å². The van der Waals surface area contributed by atoms with Crippen LogP contribution >= 0.6 is 34.6 Å². The summed E-state index contributed by atoms with van der Waals surface area (Å²) in [6, 6.07) is 18.0. The summed E-state index contributed by atoms with van der Waals surface area (Å²) in [4.78, 5) is 8.30. The maximum Gasteiger partial charge on any atom is 0.269 e. The zero-order chi connectivity index (χ0) is 73.7. The largest absolute Gasteiger partial charge is 0.508 e. The van der Waals surface area contributed by atoms with Crippen molar-refractivity contribution in [1.82, 2.24) is 28.1 Å². The molecule has 0 amide bonds. The number of rotatable bonds is 21. The Morgan fingerprint density at radius 2 is 0.752 bits per heavy atom. The minimum Gasteiger partial charge on any atom is -0.508 e. The first kappa shape index (κ1) is 76.1. The maximum absolute atomic E-state index is 15.1. The van der Waals surface area contributed by atoms with E-state index < -0.39 is 149 Å². The molecule has 2 N–H and O–H groups in total. The molecule has 101 heavy (non-hydrogen) atoms. The predicted octanol–water partition coefficient (Wildman–Crippen LogP) is 14.0. The minimum atomic E-state index is -4.76. The summed E-state index contributed by atoms with van der Waals surface area (Å²) >= 11 is 2.15. The van der Waals surface area contributed by atoms with Crippen LogP contribution in [0.4, 0.5) is 72.5 Å². The number of phenols is 1. The van der Waals surface area contributed by atoms with Crippen molar-refractivity contribution < 1.29 is 116 Å². The molecule has 3 heterocycles. The minimum absolute atomic E-state index is 0.0907. The highest BCUT2D eigenvalue weighted by molar-refractivity contribution is 7.93. The fourth-order valence-corrected chi connectivity index (χ4v) is 14.3. The average molecular weight is 1540 g/mol. The Balaban J connectivity index is 0.000000183. The summed E-state index contributed by atoms with van der Waals surface area (Å²) in [5.74, 6) is -16.5. The molecule has 532 valence electrons. The molecular weight excluding hydrogens is 1490 g/mol. The van der Waals surface area contributed by atoms with Crippen molar-refractivity contribution in [3.8, 4) is 51.7 Å². The molecule has 22 nitrogen and oxygen atoms in total. The number of hydrogen-bond acceptors (Lipinski definition) is 22. The Hall–Kier alpha value is -10.6. The van der Waals surface area contributed by atoms with Crippen molar-refractivity contribution in [2.75, 3.05) is 41.8 Å². The number of hydrogen-bond donors (Lipinski definition) is 2. The van der Waals surface area contributed by atoms with E-state index in [1.807, 2.05) is 4.72 Å². The Morgan fingerprint density at radius 1 is 0.386 bits per heavy atom. The van der Waals surface area contributed by atoms with Crippen LogP contribution in [0.15, 0.2) is 161 Å². The summed E-state index contributed by atoms with van der Waals surface area (Å²) < 4.78 is 299. The van der Waals surface area contributed by atoms with Gasteiger partial charge in [-0.25, -0.2) is 106 Å². The standard InChI is InChI=1S/C23H17F4N3O5S2.C17H14F3N3O4S2.C14H7F4N3O3S2.C6H4F2O/c1-33-16-4-3-13(20(8-16)34-2)11-30(23-28-12-29-36-23)37(31,32)22-10-18(26)21(9-19(22)27)35-17-6-14(24)5-15(25)7-17;1-26-11-4-3-10(15(5-11)27-2)8-23(17-21-9-22-28-17)29(24,25)16-7-13(19)12(18)6-14(16)20;15-7-1-8(16)3-9(2-7)24-12-4-11(18)13(5-10(12)17)26(22,23)21-14-19-6-20-25-14;7-4-1-5(8)3-6(9)2-4/h3-10,12H,11H2,1-2H3;3-7,9H,8H2,1-2H3;1-6H,(H,19,20,21);1-3,9H. The number of nitrogens with zero attached hydrogens (tertiary/aromatic N) is 8. The summed E-state index contributed by atoms with van der Waals surface area (Å²) in [6.45, 7) is -0.699. The molecule has 0 bridgehead atoms. The quantitative estimate of drug-likeness (QED) is 0.0499. The van der Waals surface area contributed by atoms with Gasteiger partial charge in [0.25, 0.3) is 30.1 Å². The number of phenolic OH excluding ortho intramolecular Hbond substituents is 1. The molecular formula is C60H42F13N9O13S6. The number of nitrogens with one attached hydrogen (secondary N) is 1. The number of benzene rings is 8. The summed E-state index contributed by atoms with van der Waals surface area (Å²) in [6.07, 6.45) is 3.31. The molecule has 3 aromatic heterocycles. The molecule has 0 fully saturated rings. The van der Waals surface area contributed by atoms with Gasteiger partial charge in [-0.1, -0.05) is 0 Å². The number of aromatic hydroxyl groups is 1. The molecule has 0 atom stereocenters. The number of methoxy groups -OCH3 is 4. The highest BCUT2D eigenvalue weighted by Gasteiger charge is 2.35. The van der Waals surface area contributed by atoms with Gasteiger partial charge in [-0.15, -0.1) is 0 Å². The molecule has 0 aliphatic carbocycles. The normalized spacial score (nSPS) is 11.2. The van der Waals surface area contributed by atoms with E-state index in [-0.39, 0.29) is 40.3 Å². The van der Waals surface area contributed by atoms with E-state index in [0.29, 0.717) is 88.4 Å². The molecule has 0 saturated heterocycles.